The third kappa shape index (κ3) is 5.32. The maximum absolute atomic E-state index is 13.1. The van der Waals surface area contributed by atoms with E-state index in [0.29, 0.717) is 6.42 Å². The highest BCUT2D eigenvalue weighted by Crippen LogP contribution is 2.26. The number of H-pyrrole nitrogens is 1. The lowest BCUT2D eigenvalue weighted by Crippen LogP contribution is -2.31. The van der Waals surface area contributed by atoms with Crippen LogP contribution in [-0.2, 0) is 22.4 Å². The SMILES string of the molecule is Cc1ccc(C(NC(=O)Cc2ccc3[nH]cc(CCC(=O)O)c3c2)c2ccccc2)c(C)c1. The summed E-state index contributed by atoms with van der Waals surface area (Å²) in [5.74, 6) is -0.885. The number of carboxylic acids is 1. The maximum atomic E-state index is 13.1. The molecular weight excluding hydrogens is 412 g/mol. The number of carboxylic acid groups (broad SMARTS) is 1. The molecule has 168 valence electrons. The highest BCUT2D eigenvalue weighted by molar-refractivity contribution is 5.86. The summed E-state index contributed by atoms with van der Waals surface area (Å²) in [5.41, 5.74) is 7.23. The number of benzene rings is 3. The number of nitrogens with one attached hydrogen (secondary N) is 2. The fourth-order valence-corrected chi connectivity index (χ4v) is 4.32. The highest BCUT2D eigenvalue weighted by atomic mass is 16.4. The van der Waals surface area contributed by atoms with E-state index >= 15 is 0 Å². The van der Waals surface area contributed by atoms with Gasteiger partial charge in [-0.25, -0.2) is 0 Å². The van der Waals surface area contributed by atoms with Crippen molar-refractivity contribution in [3.63, 3.8) is 0 Å². The van der Waals surface area contributed by atoms with Gasteiger partial charge in [0.2, 0.25) is 5.91 Å². The number of carbonyl (C=O) groups excluding carboxylic acids is 1. The second kappa shape index (κ2) is 9.74. The minimum atomic E-state index is -0.821. The van der Waals surface area contributed by atoms with E-state index in [9.17, 15) is 9.59 Å². The first-order valence-electron chi connectivity index (χ1n) is 11.1. The van der Waals surface area contributed by atoms with Gasteiger partial charge in [0.15, 0.2) is 0 Å². The van der Waals surface area contributed by atoms with Crippen molar-refractivity contribution in [2.45, 2.75) is 39.2 Å². The molecule has 1 unspecified atom stereocenters. The van der Waals surface area contributed by atoms with Gasteiger partial charge >= 0.3 is 5.97 Å². The van der Waals surface area contributed by atoms with Gasteiger partial charge in [-0.1, -0.05) is 60.2 Å². The average molecular weight is 441 g/mol. The van der Waals surface area contributed by atoms with Crippen LogP contribution in [0.15, 0.2) is 72.9 Å². The van der Waals surface area contributed by atoms with E-state index in [1.165, 1.54) is 5.56 Å². The van der Waals surface area contributed by atoms with Gasteiger partial charge in [0, 0.05) is 23.5 Å². The molecular formula is C28H28N2O3. The normalized spacial score (nSPS) is 11.9. The molecule has 3 aromatic carbocycles. The lowest BCUT2D eigenvalue weighted by Gasteiger charge is -2.22. The van der Waals surface area contributed by atoms with E-state index in [-0.39, 0.29) is 24.8 Å². The molecule has 4 aromatic rings. The molecule has 1 aromatic heterocycles. The summed E-state index contributed by atoms with van der Waals surface area (Å²) in [7, 11) is 0. The number of hydrogen-bond acceptors (Lipinski definition) is 2. The molecule has 1 amide bonds. The summed E-state index contributed by atoms with van der Waals surface area (Å²) in [4.78, 5) is 27.3. The van der Waals surface area contributed by atoms with E-state index in [0.717, 1.165) is 38.7 Å². The van der Waals surface area contributed by atoms with Crippen molar-refractivity contribution >= 4 is 22.8 Å². The Kier molecular flexibility index (Phi) is 6.59. The van der Waals surface area contributed by atoms with Gasteiger partial charge in [0.25, 0.3) is 0 Å². The minimum Gasteiger partial charge on any atom is -0.481 e. The second-order valence-electron chi connectivity index (χ2n) is 8.54. The van der Waals surface area contributed by atoms with Crippen LogP contribution in [-0.4, -0.2) is 22.0 Å². The van der Waals surface area contributed by atoms with Gasteiger partial charge in [-0.2, -0.15) is 0 Å². The van der Waals surface area contributed by atoms with Gasteiger partial charge in [0.1, 0.15) is 0 Å². The number of aliphatic carboxylic acids is 1. The fourth-order valence-electron chi connectivity index (χ4n) is 4.32. The Labute approximate surface area is 193 Å². The zero-order valence-corrected chi connectivity index (χ0v) is 18.9. The number of hydrogen-bond donors (Lipinski definition) is 3. The lowest BCUT2D eigenvalue weighted by atomic mass is 9.93. The van der Waals surface area contributed by atoms with Crippen LogP contribution in [0.4, 0.5) is 0 Å². The minimum absolute atomic E-state index is 0.0641. The molecule has 0 bridgehead atoms. The molecule has 0 fully saturated rings. The molecule has 0 aliphatic carbocycles. The number of carbonyl (C=O) groups is 2. The van der Waals surface area contributed by atoms with Crippen molar-refractivity contribution in [2.24, 2.45) is 0 Å². The fraction of sp³-hybridized carbons (Fsp3) is 0.214. The maximum Gasteiger partial charge on any atom is 0.303 e. The zero-order chi connectivity index (χ0) is 23.4. The number of aromatic nitrogens is 1. The first-order valence-corrected chi connectivity index (χ1v) is 11.1. The molecule has 0 aliphatic rings. The van der Waals surface area contributed by atoms with Gasteiger partial charge in [-0.05, 0) is 60.2 Å². The molecule has 0 aliphatic heterocycles. The summed E-state index contributed by atoms with van der Waals surface area (Å²) < 4.78 is 0. The summed E-state index contributed by atoms with van der Waals surface area (Å²) >= 11 is 0. The zero-order valence-electron chi connectivity index (χ0n) is 18.9. The molecule has 1 atom stereocenters. The number of rotatable bonds is 8. The van der Waals surface area contributed by atoms with Gasteiger partial charge in [0.05, 0.1) is 12.5 Å². The first kappa shape index (κ1) is 22.3. The molecule has 3 N–H and O–H groups in total. The standard InChI is InChI=1S/C28H28N2O3/c1-18-8-11-23(19(2)14-18)28(21-6-4-3-5-7-21)30-26(31)16-20-9-12-25-24(15-20)22(17-29-25)10-13-27(32)33/h3-9,11-12,14-15,17,28-29H,10,13,16H2,1-2H3,(H,30,31)(H,32,33). The van der Waals surface area contributed by atoms with Crippen molar-refractivity contribution in [3.8, 4) is 0 Å². The predicted molar refractivity (Wildman–Crippen MR) is 130 cm³/mol. The van der Waals surface area contributed by atoms with Crippen molar-refractivity contribution in [1.82, 2.24) is 10.3 Å². The van der Waals surface area contributed by atoms with Crippen molar-refractivity contribution in [2.75, 3.05) is 0 Å². The topological polar surface area (TPSA) is 82.2 Å². The van der Waals surface area contributed by atoms with Crippen LogP contribution in [0.1, 0.15) is 45.8 Å². The number of aromatic amines is 1. The van der Waals surface area contributed by atoms with Crippen molar-refractivity contribution in [1.29, 1.82) is 0 Å². The molecule has 33 heavy (non-hydrogen) atoms. The van der Waals surface area contributed by atoms with E-state index in [1.54, 1.807) is 0 Å². The molecule has 0 spiro atoms. The Bertz CT molecular complexity index is 1290. The molecule has 5 heteroatoms. The van der Waals surface area contributed by atoms with Crippen LogP contribution in [0.5, 0.6) is 0 Å². The summed E-state index contributed by atoms with van der Waals surface area (Å²) in [6.45, 7) is 4.14. The molecule has 0 radical (unpaired) electrons. The summed E-state index contributed by atoms with van der Waals surface area (Å²) in [5, 5.41) is 13.2. The van der Waals surface area contributed by atoms with E-state index in [1.807, 2.05) is 54.7 Å². The number of fused-ring (bicyclic) bond motifs is 1. The van der Waals surface area contributed by atoms with Gasteiger partial charge in [-0.3, -0.25) is 9.59 Å². The Morgan fingerprint density at radius 1 is 1.00 bits per heavy atom. The Hall–Kier alpha value is -3.86. The molecule has 0 saturated carbocycles. The third-order valence-corrected chi connectivity index (χ3v) is 5.98. The smallest absolute Gasteiger partial charge is 0.303 e. The molecule has 5 nitrogen and oxygen atoms in total. The monoisotopic (exact) mass is 440 g/mol. The Morgan fingerprint density at radius 2 is 1.79 bits per heavy atom. The summed E-state index contributed by atoms with van der Waals surface area (Å²) in [6, 6.07) is 21.9. The third-order valence-electron chi connectivity index (χ3n) is 5.98. The predicted octanol–water partition coefficient (Wildman–Crippen LogP) is 5.25. The molecule has 1 heterocycles. The van der Waals surface area contributed by atoms with E-state index in [4.69, 9.17) is 5.11 Å². The van der Waals surface area contributed by atoms with Gasteiger partial charge in [-0.15, -0.1) is 0 Å². The molecule has 0 saturated heterocycles. The van der Waals surface area contributed by atoms with Crippen LogP contribution >= 0.6 is 0 Å². The van der Waals surface area contributed by atoms with Crippen LogP contribution < -0.4 is 5.32 Å². The Balaban J connectivity index is 1.57. The summed E-state index contributed by atoms with van der Waals surface area (Å²) in [6.07, 6.45) is 2.62. The highest BCUT2D eigenvalue weighted by Gasteiger charge is 2.19. The van der Waals surface area contributed by atoms with Crippen LogP contribution in [0.2, 0.25) is 0 Å². The van der Waals surface area contributed by atoms with E-state index < -0.39 is 5.97 Å². The lowest BCUT2D eigenvalue weighted by molar-refractivity contribution is -0.137. The quantitative estimate of drug-likeness (QED) is 0.350. The number of aryl methyl sites for hydroxylation is 3. The average Bonchev–Trinajstić information content (AvgIpc) is 3.19. The van der Waals surface area contributed by atoms with Crippen molar-refractivity contribution < 1.29 is 14.7 Å². The van der Waals surface area contributed by atoms with Crippen LogP contribution in [0.3, 0.4) is 0 Å². The van der Waals surface area contributed by atoms with E-state index in [2.05, 4.69) is 42.3 Å². The molecule has 4 rings (SSSR count). The van der Waals surface area contributed by atoms with Gasteiger partial charge < -0.3 is 15.4 Å². The van der Waals surface area contributed by atoms with Crippen LogP contribution in [0.25, 0.3) is 10.9 Å². The van der Waals surface area contributed by atoms with Crippen LogP contribution in [0, 0.1) is 13.8 Å². The largest absolute Gasteiger partial charge is 0.481 e. The second-order valence-corrected chi connectivity index (χ2v) is 8.54. The van der Waals surface area contributed by atoms with Crippen molar-refractivity contribution in [3.05, 3.63) is 106 Å². The first-order chi connectivity index (χ1) is 15.9. The Morgan fingerprint density at radius 3 is 2.52 bits per heavy atom. The number of amides is 1.